The van der Waals surface area contributed by atoms with Crippen LogP contribution in [0.15, 0.2) is 30.3 Å². The molecular formula is C17H28N2. The molecule has 3 atom stereocenters. The Morgan fingerprint density at radius 3 is 2.26 bits per heavy atom. The first-order chi connectivity index (χ1) is 9.15. The molecule has 0 bridgehead atoms. The predicted molar refractivity (Wildman–Crippen MR) is 82.5 cm³/mol. The van der Waals surface area contributed by atoms with Crippen molar-refractivity contribution < 1.29 is 0 Å². The highest BCUT2D eigenvalue weighted by Gasteiger charge is 2.19. The Kier molecular flexibility index (Phi) is 5.41. The fraction of sp³-hybridized carbons (Fsp3) is 0.647. The third kappa shape index (κ3) is 4.63. The standard InChI is InChI=1S/C17H28N2/c1-14-9-11-19(12-10-15(2)18-14)16(3)13-17-7-5-4-6-8-17/h4-8,14-16,18H,9-13H2,1-3H3. The lowest BCUT2D eigenvalue weighted by atomic mass is 10.0. The number of nitrogens with zero attached hydrogens (tertiary/aromatic N) is 1. The normalized spacial score (nSPS) is 27.5. The van der Waals surface area contributed by atoms with Gasteiger partial charge >= 0.3 is 0 Å². The molecular weight excluding hydrogens is 232 g/mol. The Morgan fingerprint density at radius 2 is 1.68 bits per heavy atom. The Hall–Kier alpha value is -0.860. The molecule has 1 N–H and O–H groups in total. The van der Waals surface area contributed by atoms with E-state index in [4.69, 9.17) is 0 Å². The van der Waals surface area contributed by atoms with Crippen molar-refractivity contribution >= 4 is 0 Å². The zero-order chi connectivity index (χ0) is 13.7. The zero-order valence-electron chi connectivity index (χ0n) is 12.6. The van der Waals surface area contributed by atoms with Gasteiger partial charge in [0.25, 0.3) is 0 Å². The van der Waals surface area contributed by atoms with Crippen LogP contribution < -0.4 is 5.32 Å². The molecule has 1 heterocycles. The summed E-state index contributed by atoms with van der Waals surface area (Å²) in [6.07, 6.45) is 3.67. The number of hydrogen-bond acceptors (Lipinski definition) is 2. The van der Waals surface area contributed by atoms with Crippen LogP contribution in [0.4, 0.5) is 0 Å². The van der Waals surface area contributed by atoms with E-state index in [2.05, 4.69) is 61.3 Å². The van der Waals surface area contributed by atoms with Crippen LogP contribution in [0.2, 0.25) is 0 Å². The quantitative estimate of drug-likeness (QED) is 0.898. The average molecular weight is 260 g/mol. The predicted octanol–water partition coefficient (Wildman–Crippen LogP) is 3.08. The Morgan fingerprint density at radius 1 is 1.11 bits per heavy atom. The van der Waals surface area contributed by atoms with E-state index >= 15 is 0 Å². The van der Waals surface area contributed by atoms with Crippen molar-refractivity contribution in [2.24, 2.45) is 0 Å². The zero-order valence-corrected chi connectivity index (χ0v) is 12.6. The molecule has 1 aromatic carbocycles. The first-order valence-corrected chi connectivity index (χ1v) is 7.69. The second kappa shape index (κ2) is 7.06. The molecule has 0 saturated carbocycles. The summed E-state index contributed by atoms with van der Waals surface area (Å²) in [5.74, 6) is 0. The van der Waals surface area contributed by atoms with E-state index in [9.17, 15) is 0 Å². The van der Waals surface area contributed by atoms with E-state index in [1.807, 2.05) is 0 Å². The second-order valence-electron chi connectivity index (χ2n) is 6.12. The fourth-order valence-corrected chi connectivity index (χ4v) is 3.01. The third-order valence-corrected chi connectivity index (χ3v) is 4.26. The van der Waals surface area contributed by atoms with Crippen LogP contribution in [0.25, 0.3) is 0 Å². The van der Waals surface area contributed by atoms with Gasteiger partial charge in [-0.05, 0) is 58.7 Å². The van der Waals surface area contributed by atoms with Gasteiger partial charge in [-0.3, -0.25) is 0 Å². The van der Waals surface area contributed by atoms with Crippen LogP contribution in [0.1, 0.15) is 39.2 Å². The van der Waals surface area contributed by atoms with Crippen LogP contribution in [-0.4, -0.2) is 36.1 Å². The Bertz CT molecular complexity index is 351. The van der Waals surface area contributed by atoms with E-state index in [1.165, 1.54) is 31.5 Å². The summed E-state index contributed by atoms with van der Waals surface area (Å²) in [5, 5.41) is 3.66. The van der Waals surface area contributed by atoms with Crippen LogP contribution in [0.5, 0.6) is 0 Å². The maximum absolute atomic E-state index is 3.66. The molecule has 0 amide bonds. The number of rotatable bonds is 3. The van der Waals surface area contributed by atoms with Crippen molar-refractivity contribution in [3.8, 4) is 0 Å². The van der Waals surface area contributed by atoms with E-state index in [0.29, 0.717) is 18.1 Å². The van der Waals surface area contributed by atoms with Gasteiger partial charge in [0.2, 0.25) is 0 Å². The molecule has 1 fully saturated rings. The highest BCUT2D eigenvalue weighted by atomic mass is 15.2. The summed E-state index contributed by atoms with van der Waals surface area (Å²) in [6.45, 7) is 9.42. The molecule has 0 aliphatic carbocycles. The minimum Gasteiger partial charge on any atom is -0.312 e. The van der Waals surface area contributed by atoms with Crippen LogP contribution in [-0.2, 0) is 6.42 Å². The monoisotopic (exact) mass is 260 g/mol. The molecule has 3 unspecified atom stereocenters. The Balaban J connectivity index is 1.91. The smallest absolute Gasteiger partial charge is 0.0107 e. The highest BCUT2D eigenvalue weighted by molar-refractivity contribution is 5.15. The molecule has 106 valence electrons. The van der Waals surface area contributed by atoms with Crippen LogP contribution in [0, 0.1) is 0 Å². The van der Waals surface area contributed by atoms with Crippen molar-refractivity contribution in [2.45, 2.75) is 58.2 Å². The molecule has 0 spiro atoms. The molecule has 1 aromatic rings. The summed E-state index contributed by atoms with van der Waals surface area (Å²) in [4.78, 5) is 2.67. The van der Waals surface area contributed by atoms with Gasteiger partial charge in [-0.25, -0.2) is 0 Å². The summed E-state index contributed by atoms with van der Waals surface area (Å²) in [6, 6.07) is 12.8. The third-order valence-electron chi connectivity index (χ3n) is 4.26. The first-order valence-electron chi connectivity index (χ1n) is 7.69. The van der Waals surface area contributed by atoms with Crippen LogP contribution >= 0.6 is 0 Å². The lowest BCUT2D eigenvalue weighted by Crippen LogP contribution is -2.46. The van der Waals surface area contributed by atoms with Crippen molar-refractivity contribution in [2.75, 3.05) is 13.1 Å². The summed E-state index contributed by atoms with van der Waals surface area (Å²) in [5.41, 5.74) is 1.45. The van der Waals surface area contributed by atoms with Crippen LogP contribution in [0.3, 0.4) is 0 Å². The second-order valence-corrected chi connectivity index (χ2v) is 6.12. The molecule has 0 aromatic heterocycles. The Labute approximate surface area is 118 Å². The lowest BCUT2D eigenvalue weighted by Gasteiger charge is -2.34. The fourth-order valence-electron chi connectivity index (χ4n) is 3.01. The van der Waals surface area contributed by atoms with Crippen molar-refractivity contribution in [1.82, 2.24) is 10.2 Å². The molecule has 2 rings (SSSR count). The van der Waals surface area contributed by atoms with Gasteiger partial charge in [-0.1, -0.05) is 30.3 Å². The maximum Gasteiger partial charge on any atom is 0.0107 e. The van der Waals surface area contributed by atoms with Crippen molar-refractivity contribution in [1.29, 1.82) is 0 Å². The van der Waals surface area contributed by atoms with E-state index < -0.39 is 0 Å². The maximum atomic E-state index is 3.66. The van der Waals surface area contributed by atoms with E-state index in [1.54, 1.807) is 0 Å². The lowest BCUT2D eigenvalue weighted by molar-refractivity contribution is 0.170. The topological polar surface area (TPSA) is 15.3 Å². The van der Waals surface area contributed by atoms with Gasteiger partial charge in [0.1, 0.15) is 0 Å². The molecule has 1 aliphatic heterocycles. The summed E-state index contributed by atoms with van der Waals surface area (Å²) >= 11 is 0. The summed E-state index contributed by atoms with van der Waals surface area (Å²) < 4.78 is 0. The van der Waals surface area contributed by atoms with E-state index in [-0.39, 0.29) is 0 Å². The number of nitrogens with one attached hydrogen (secondary N) is 1. The molecule has 19 heavy (non-hydrogen) atoms. The SMILES string of the molecule is CC1CCN(C(C)Cc2ccccc2)CCC(C)N1. The van der Waals surface area contributed by atoms with Gasteiger partial charge in [-0.15, -0.1) is 0 Å². The van der Waals surface area contributed by atoms with Gasteiger partial charge in [0, 0.05) is 18.1 Å². The highest BCUT2D eigenvalue weighted by Crippen LogP contribution is 2.13. The van der Waals surface area contributed by atoms with E-state index in [0.717, 1.165) is 6.42 Å². The molecule has 2 heteroatoms. The summed E-state index contributed by atoms with van der Waals surface area (Å²) in [7, 11) is 0. The molecule has 1 saturated heterocycles. The minimum absolute atomic E-state index is 0.639. The number of hydrogen-bond donors (Lipinski definition) is 1. The average Bonchev–Trinajstić information content (AvgIpc) is 2.37. The van der Waals surface area contributed by atoms with Gasteiger partial charge in [0.15, 0.2) is 0 Å². The van der Waals surface area contributed by atoms with Crippen molar-refractivity contribution in [3.63, 3.8) is 0 Å². The molecule has 1 aliphatic rings. The minimum atomic E-state index is 0.639. The molecule has 2 nitrogen and oxygen atoms in total. The van der Waals surface area contributed by atoms with Gasteiger partial charge < -0.3 is 10.2 Å². The number of benzene rings is 1. The first kappa shape index (κ1) is 14.5. The molecule has 0 radical (unpaired) electrons. The van der Waals surface area contributed by atoms with Crippen molar-refractivity contribution in [3.05, 3.63) is 35.9 Å². The van der Waals surface area contributed by atoms with Gasteiger partial charge in [0.05, 0.1) is 0 Å². The largest absolute Gasteiger partial charge is 0.312 e. The van der Waals surface area contributed by atoms with Gasteiger partial charge in [-0.2, -0.15) is 0 Å².